The molecule has 2 heterocycles. The van der Waals surface area contributed by atoms with Crippen LogP contribution in [0.1, 0.15) is 18.4 Å². The Balaban J connectivity index is 1.99. The number of H-pyrrole nitrogens is 1. The van der Waals surface area contributed by atoms with E-state index >= 15 is 0 Å². The summed E-state index contributed by atoms with van der Waals surface area (Å²) in [6.07, 6.45) is 4.72. The van der Waals surface area contributed by atoms with Crippen LogP contribution in [-0.4, -0.2) is 23.6 Å². The van der Waals surface area contributed by atoms with E-state index in [-0.39, 0.29) is 0 Å². The van der Waals surface area contributed by atoms with Crippen molar-refractivity contribution in [1.82, 2.24) is 9.97 Å². The van der Waals surface area contributed by atoms with Crippen molar-refractivity contribution in [3.63, 3.8) is 0 Å². The molecule has 0 aliphatic heterocycles. The monoisotopic (exact) mass is 457 g/mol. The number of nitrogens with zero attached hydrogens (tertiary/aromatic N) is 1. The van der Waals surface area contributed by atoms with Gasteiger partial charge in [-0.2, -0.15) is 0 Å². The van der Waals surface area contributed by atoms with Gasteiger partial charge < -0.3 is 15.5 Å². The number of ether oxygens (including phenoxy) is 1. The number of methoxy groups -OCH3 is 1. The number of rotatable bonds is 6. The maximum atomic E-state index is 6.36. The topological polar surface area (TPSA) is 63.9 Å². The summed E-state index contributed by atoms with van der Waals surface area (Å²) in [4.78, 5) is 8.17. The summed E-state index contributed by atoms with van der Waals surface area (Å²) < 4.78 is 6.47. The van der Waals surface area contributed by atoms with Crippen LogP contribution >= 0.6 is 27.5 Å². The average Bonchev–Trinajstić information content (AvgIpc) is 3.06. The van der Waals surface area contributed by atoms with Gasteiger partial charge in [0.15, 0.2) is 0 Å². The molecule has 0 atom stereocenters. The van der Waals surface area contributed by atoms with Gasteiger partial charge in [0.25, 0.3) is 0 Å². The minimum atomic E-state index is 0.692. The molecule has 6 heteroatoms. The van der Waals surface area contributed by atoms with Gasteiger partial charge in [0, 0.05) is 32.0 Å². The molecule has 0 aliphatic rings. The Kier molecular flexibility index (Phi) is 5.58. The summed E-state index contributed by atoms with van der Waals surface area (Å²) >= 11 is 10.0. The minimum Gasteiger partial charge on any atom is -0.494 e. The fourth-order valence-corrected chi connectivity index (χ4v) is 4.65. The van der Waals surface area contributed by atoms with Gasteiger partial charge in [-0.05, 0) is 77.6 Å². The number of hydrogen-bond acceptors (Lipinski definition) is 3. The molecule has 3 N–H and O–H groups in total. The van der Waals surface area contributed by atoms with Crippen molar-refractivity contribution >= 4 is 49.3 Å². The van der Waals surface area contributed by atoms with Crippen LogP contribution in [0.15, 0.2) is 47.1 Å². The molecule has 4 aromatic rings. The van der Waals surface area contributed by atoms with Crippen LogP contribution in [0.3, 0.4) is 0 Å². The highest BCUT2D eigenvalue weighted by molar-refractivity contribution is 9.10. The van der Waals surface area contributed by atoms with Gasteiger partial charge in [-0.1, -0.05) is 17.7 Å². The Labute approximate surface area is 177 Å². The zero-order valence-electron chi connectivity index (χ0n) is 15.6. The number of aromatic amines is 1. The van der Waals surface area contributed by atoms with Crippen molar-refractivity contribution in [3.05, 3.63) is 57.7 Å². The molecule has 4 rings (SSSR count). The van der Waals surface area contributed by atoms with Crippen LogP contribution < -0.4 is 10.5 Å². The number of halogens is 2. The fraction of sp³-hybridized carbons (Fsp3) is 0.227. The largest absolute Gasteiger partial charge is 0.494 e. The molecule has 2 aromatic heterocycles. The number of hydrogen-bond donors (Lipinski definition) is 2. The van der Waals surface area contributed by atoms with E-state index in [1.807, 2.05) is 24.3 Å². The zero-order chi connectivity index (χ0) is 19.7. The summed E-state index contributed by atoms with van der Waals surface area (Å²) in [5.41, 5.74) is 11.1. The average molecular weight is 459 g/mol. The van der Waals surface area contributed by atoms with Gasteiger partial charge in [0.1, 0.15) is 11.3 Å². The predicted octanol–water partition coefficient (Wildman–Crippen LogP) is 6.09. The van der Waals surface area contributed by atoms with Crippen molar-refractivity contribution < 1.29 is 4.74 Å². The second kappa shape index (κ2) is 8.11. The third-order valence-electron chi connectivity index (χ3n) is 5.03. The Morgan fingerprint density at radius 2 is 2.04 bits per heavy atom. The molecule has 0 bridgehead atoms. The lowest BCUT2D eigenvalue weighted by Crippen LogP contribution is -1.99. The van der Waals surface area contributed by atoms with E-state index in [4.69, 9.17) is 22.1 Å². The van der Waals surface area contributed by atoms with Crippen LogP contribution in [0, 0.1) is 0 Å². The van der Waals surface area contributed by atoms with E-state index < -0.39 is 0 Å². The van der Waals surface area contributed by atoms with Crippen LogP contribution in [0.5, 0.6) is 5.75 Å². The quantitative estimate of drug-likeness (QED) is 0.344. The van der Waals surface area contributed by atoms with Crippen molar-refractivity contribution in [2.45, 2.75) is 19.3 Å². The van der Waals surface area contributed by atoms with Crippen LogP contribution in [0.4, 0.5) is 0 Å². The molecule has 0 saturated carbocycles. The standard InChI is InChI=1S/C22H21BrClN3O/c1-28-19-8-7-16(14-6-4-10-26-22(14)19)20-15(5-2-3-9-25)17-11-13(24)12-18(23)21(17)27-20/h4,6-8,10-12,27H,2-3,5,9,25H2,1H3. The highest BCUT2D eigenvalue weighted by Gasteiger charge is 2.18. The molecule has 144 valence electrons. The molecule has 0 fully saturated rings. The lowest BCUT2D eigenvalue weighted by Gasteiger charge is -2.11. The van der Waals surface area contributed by atoms with Crippen molar-refractivity contribution in [3.8, 4) is 17.0 Å². The third kappa shape index (κ3) is 3.39. The second-order valence-corrected chi connectivity index (χ2v) is 8.04. The number of benzene rings is 2. The Morgan fingerprint density at radius 1 is 1.18 bits per heavy atom. The van der Waals surface area contributed by atoms with Crippen molar-refractivity contribution in [1.29, 1.82) is 0 Å². The summed E-state index contributed by atoms with van der Waals surface area (Å²) in [6.45, 7) is 0.692. The molecule has 0 aliphatic carbocycles. The van der Waals surface area contributed by atoms with Crippen molar-refractivity contribution in [2.75, 3.05) is 13.7 Å². The first-order valence-electron chi connectivity index (χ1n) is 9.25. The molecule has 0 spiro atoms. The zero-order valence-corrected chi connectivity index (χ0v) is 17.9. The molecular formula is C22H21BrClN3O. The molecule has 2 aromatic carbocycles. The molecule has 4 nitrogen and oxygen atoms in total. The van der Waals surface area contributed by atoms with Crippen LogP contribution in [0.2, 0.25) is 5.02 Å². The Bertz CT molecular complexity index is 1160. The highest BCUT2D eigenvalue weighted by Crippen LogP contribution is 2.40. The third-order valence-corrected chi connectivity index (χ3v) is 5.88. The van der Waals surface area contributed by atoms with Crippen LogP contribution in [-0.2, 0) is 6.42 Å². The summed E-state index contributed by atoms with van der Waals surface area (Å²) in [5.74, 6) is 0.768. The van der Waals surface area contributed by atoms with Gasteiger partial charge in [-0.25, -0.2) is 0 Å². The first-order valence-corrected chi connectivity index (χ1v) is 10.4. The van der Waals surface area contributed by atoms with E-state index in [1.165, 1.54) is 5.56 Å². The second-order valence-electron chi connectivity index (χ2n) is 6.75. The molecule has 28 heavy (non-hydrogen) atoms. The molecule has 0 amide bonds. The van der Waals surface area contributed by atoms with Crippen molar-refractivity contribution in [2.24, 2.45) is 5.73 Å². The Morgan fingerprint density at radius 3 is 2.82 bits per heavy atom. The molecule has 0 radical (unpaired) electrons. The number of pyridine rings is 1. The number of unbranched alkanes of at least 4 members (excludes halogenated alkanes) is 1. The number of aromatic nitrogens is 2. The fourth-order valence-electron chi connectivity index (χ4n) is 3.74. The lowest BCUT2D eigenvalue weighted by molar-refractivity contribution is 0.419. The SMILES string of the molecule is COc1ccc(-c2[nH]c3c(Br)cc(Cl)cc3c2CCCCN)c2cccnc12. The minimum absolute atomic E-state index is 0.692. The number of aryl methyl sites for hydroxylation is 1. The van der Waals surface area contributed by atoms with Crippen LogP contribution in [0.25, 0.3) is 33.1 Å². The van der Waals surface area contributed by atoms with Gasteiger partial charge in [0.05, 0.1) is 18.3 Å². The first kappa shape index (κ1) is 19.2. The molecular weight excluding hydrogens is 438 g/mol. The summed E-state index contributed by atoms with van der Waals surface area (Å²) in [6, 6.07) is 12.1. The Hall–Kier alpha value is -2.08. The number of nitrogens with one attached hydrogen (secondary N) is 1. The molecule has 0 unspecified atom stereocenters. The smallest absolute Gasteiger partial charge is 0.145 e. The maximum absolute atomic E-state index is 6.36. The van der Waals surface area contributed by atoms with Gasteiger partial charge >= 0.3 is 0 Å². The summed E-state index contributed by atoms with van der Waals surface area (Å²) in [7, 11) is 1.67. The van der Waals surface area contributed by atoms with E-state index in [0.29, 0.717) is 11.6 Å². The predicted molar refractivity (Wildman–Crippen MR) is 120 cm³/mol. The highest BCUT2D eigenvalue weighted by atomic mass is 79.9. The number of nitrogens with two attached hydrogens (primary N) is 1. The lowest BCUT2D eigenvalue weighted by atomic mass is 9.97. The number of fused-ring (bicyclic) bond motifs is 2. The van der Waals surface area contributed by atoms with Gasteiger partial charge in [-0.3, -0.25) is 4.98 Å². The van der Waals surface area contributed by atoms with E-state index in [1.54, 1.807) is 13.3 Å². The first-order chi connectivity index (χ1) is 13.6. The normalized spacial score (nSPS) is 11.4. The van der Waals surface area contributed by atoms with E-state index in [2.05, 4.69) is 38.0 Å². The molecule has 0 saturated heterocycles. The van der Waals surface area contributed by atoms with Gasteiger partial charge in [-0.15, -0.1) is 0 Å². The van der Waals surface area contributed by atoms with E-state index in [0.717, 1.165) is 62.5 Å². The summed E-state index contributed by atoms with van der Waals surface area (Å²) in [5, 5.41) is 2.90. The van der Waals surface area contributed by atoms with Gasteiger partial charge in [0.2, 0.25) is 0 Å². The van der Waals surface area contributed by atoms with E-state index in [9.17, 15) is 0 Å². The maximum Gasteiger partial charge on any atom is 0.145 e.